The second-order valence-electron chi connectivity index (χ2n) is 4.62. The van der Waals surface area contributed by atoms with Crippen LogP contribution in [-0.2, 0) is 0 Å². The van der Waals surface area contributed by atoms with Gasteiger partial charge in [0.1, 0.15) is 0 Å². The second-order valence-corrected chi connectivity index (χ2v) is 4.62. The van der Waals surface area contributed by atoms with Gasteiger partial charge >= 0.3 is 0 Å². The van der Waals surface area contributed by atoms with E-state index in [0.29, 0.717) is 18.7 Å². The van der Waals surface area contributed by atoms with Crippen molar-refractivity contribution in [2.75, 3.05) is 13.1 Å². The molecule has 0 saturated carbocycles. The Bertz CT molecular complexity index is 459. The molecule has 0 bridgehead atoms. The molecule has 0 aliphatic carbocycles. The fraction of sp³-hybridized carbons (Fsp3) is 0.500. The number of carbonyl (C=O) groups is 1. The zero-order chi connectivity index (χ0) is 12.4. The van der Waals surface area contributed by atoms with E-state index < -0.39 is 0 Å². The van der Waals surface area contributed by atoms with Crippen LogP contribution in [0.4, 0.5) is 0 Å². The van der Waals surface area contributed by atoms with Crippen LogP contribution >= 0.6 is 0 Å². The van der Waals surface area contributed by atoms with E-state index in [0.717, 1.165) is 0 Å². The van der Waals surface area contributed by atoms with Crippen molar-refractivity contribution < 1.29 is 4.79 Å². The van der Waals surface area contributed by atoms with Crippen LogP contribution < -0.4 is 10.9 Å². The summed E-state index contributed by atoms with van der Waals surface area (Å²) in [7, 11) is 0. The van der Waals surface area contributed by atoms with Crippen molar-refractivity contribution in [3.8, 4) is 0 Å². The summed E-state index contributed by atoms with van der Waals surface area (Å²) in [6.45, 7) is 5.45. The Morgan fingerprint density at radius 1 is 1.35 bits per heavy atom. The minimum Gasteiger partial charge on any atom is -0.336 e. The van der Waals surface area contributed by atoms with Gasteiger partial charge in [0, 0.05) is 43.0 Å². The summed E-state index contributed by atoms with van der Waals surface area (Å²) in [6, 6.07) is 3.55. The van der Waals surface area contributed by atoms with Crippen LogP contribution in [0, 0.1) is 0 Å². The third kappa shape index (κ3) is 2.74. The SMILES string of the molecule is C[C@@H]1CN(C(=O)c2cc[nH]c(=O)c2)C[C@@H](C)N1. The molecule has 2 heterocycles. The van der Waals surface area contributed by atoms with Gasteiger partial charge in [-0.15, -0.1) is 0 Å². The Morgan fingerprint density at radius 2 is 2.00 bits per heavy atom. The van der Waals surface area contributed by atoms with Crippen LogP contribution in [0.5, 0.6) is 0 Å². The molecule has 17 heavy (non-hydrogen) atoms. The Morgan fingerprint density at radius 3 is 2.59 bits per heavy atom. The first-order chi connectivity index (χ1) is 8.06. The molecule has 1 aromatic rings. The van der Waals surface area contributed by atoms with Crippen LogP contribution in [0.15, 0.2) is 23.1 Å². The average Bonchev–Trinajstić information content (AvgIpc) is 2.26. The fourth-order valence-corrected chi connectivity index (χ4v) is 2.25. The number of hydrogen-bond acceptors (Lipinski definition) is 3. The van der Waals surface area contributed by atoms with Gasteiger partial charge in [-0.3, -0.25) is 9.59 Å². The lowest BCUT2D eigenvalue weighted by Crippen LogP contribution is -2.55. The molecule has 1 aromatic heterocycles. The summed E-state index contributed by atoms with van der Waals surface area (Å²) in [4.78, 5) is 27.7. The maximum atomic E-state index is 12.2. The third-order valence-electron chi connectivity index (χ3n) is 2.87. The van der Waals surface area contributed by atoms with Crippen molar-refractivity contribution in [3.63, 3.8) is 0 Å². The van der Waals surface area contributed by atoms with Gasteiger partial charge in [0.2, 0.25) is 5.56 Å². The number of carbonyl (C=O) groups excluding carboxylic acids is 1. The summed E-state index contributed by atoms with van der Waals surface area (Å²) in [6.07, 6.45) is 1.50. The number of aromatic nitrogens is 1. The van der Waals surface area contributed by atoms with Crippen LogP contribution in [-0.4, -0.2) is 41.0 Å². The van der Waals surface area contributed by atoms with Crippen molar-refractivity contribution >= 4 is 5.91 Å². The molecule has 2 N–H and O–H groups in total. The lowest BCUT2D eigenvalue weighted by atomic mass is 10.1. The van der Waals surface area contributed by atoms with Crippen LogP contribution in [0.2, 0.25) is 0 Å². The zero-order valence-corrected chi connectivity index (χ0v) is 10.1. The van der Waals surface area contributed by atoms with Gasteiger partial charge in [0.25, 0.3) is 5.91 Å². The second kappa shape index (κ2) is 4.71. The van der Waals surface area contributed by atoms with E-state index in [4.69, 9.17) is 0 Å². The molecule has 2 atom stereocenters. The summed E-state index contributed by atoms with van der Waals surface area (Å²) >= 11 is 0. The minimum absolute atomic E-state index is 0.0729. The molecular weight excluding hydrogens is 218 g/mol. The quantitative estimate of drug-likeness (QED) is 0.730. The van der Waals surface area contributed by atoms with Gasteiger partial charge in [-0.05, 0) is 19.9 Å². The number of piperazine rings is 1. The highest BCUT2D eigenvalue weighted by molar-refractivity contribution is 5.94. The van der Waals surface area contributed by atoms with Gasteiger partial charge in [0.05, 0.1) is 0 Å². The normalized spacial score (nSPS) is 24.7. The van der Waals surface area contributed by atoms with Crippen molar-refractivity contribution in [1.29, 1.82) is 0 Å². The number of rotatable bonds is 1. The van der Waals surface area contributed by atoms with Crippen molar-refractivity contribution in [2.24, 2.45) is 0 Å². The highest BCUT2D eigenvalue weighted by Gasteiger charge is 2.25. The van der Waals surface area contributed by atoms with Crippen molar-refractivity contribution in [1.82, 2.24) is 15.2 Å². The molecule has 2 rings (SSSR count). The standard InChI is InChI=1S/C12H17N3O2/c1-8-6-15(7-9(2)14-8)12(17)10-3-4-13-11(16)5-10/h3-5,8-9,14H,6-7H2,1-2H3,(H,13,16)/t8-,9-/m1/s1. The fourth-order valence-electron chi connectivity index (χ4n) is 2.25. The summed E-state index contributed by atoms with van der Waals surface area (Å²) in [5.41, 5.74) is 0.210. The lowest BCUT2D eigenvalue weighted by Gasteiger charge is -2.36. The molecule has 0 unspecified atom stereocenters. The number of hydrogen-bond donors (Lipinski definition) is 2. The Balaban J connectivity index is 2.17. The number of pyridine rings is 1. The molecule has 92 valence electrons. The third-order valence-corrected chi connectivity index (χ3v) is 2.87. The van der Waals surface area contributed by atoms with Crippen LogP contribution in [0.1, 0.15) is 24.2 Å². The molecule has 1 saturated heterocycles. The summed E-state index contributed by atoms with van der Waals surface area (Å²) in [5.74, 6) is -0.0729. The number of amides is 1. The minimum atomic E-state index is -0.243. The largest absolute Gasteiger partial charge is 0.336 e. The topological polar surface area (TPSA) is 65.2 Å². The molecule has 1 fully saturated rings. The predicted molar refractivity (Wildman–Crippen MR) is 65.0 cm³/mol. The van der Waals surface area contributed by atoms with E-state index >= 15 is 0 Å². The summed E-state index contributed by atoms with van der Waals surface area (Å²) in [5, 5.41) is 3.37. The van der Waals surface area contributed by atoms with E-state index in [2.05, 4.69) is 10.3 Å². The predicted octanol–water partition coefficient (Wildman–Crippen LogP) is 0.197. The number of aromatic amines is 1. The molecule has 5 heteroatoms. The first kappa shape index (κ1) is 11.9. The highest BCUT2D eigenvalue weighted by Crippen LogP contribution is 2.08. The van der Waals surface area contributed by atoms with Gasteiger partial charge in [-0.1, -0.05) is 0 Å². The van der Waals surface area contributed by atoms with Gasteiger partial charge in [0.15, 0.2) is 0 Å². The molecular formula is C12H17N3O2. The first-order valence-electron chi connectivity index (χ1n) is 5.80. The van der Waals surface area contributed by atoms with Crippen molar-refractivity contribution in [3.05, 3.63) is 34.2 Å². The first-order valence-corrected chi connectivity index (χ1v) is 5.80. The Hall–Kier alpha value is -1.62. The molecule has 1 amide bonds. The number of nitrogens with one attached hydrogen (secondary N) is 2. The highest BCUT2D eigenvalue weighted by atomic mass is 16.2. The molecule has 0 spiro atoms. The van der Waals surface area contributed by atoms with E-state index in [-0.39, 0.29) is 23.6 Å². The summed E-state index contributed by atoms with van der Waals surface area (Å²) < 4.78 is 0. The zero-order valence-electron chi connectivity index (χ0n) is 10.1. The van der Waals surface area contributed by atoms with E-state index in [1.807, 2.05) is 13.8 Å². The van der Waals surface area contributed by atoms with Crippen LogP contribution in [0.3, 0.4) is 0 Å². The van der Waals surface area contributed by atoms with Gasteiger partial charge in [-0.2, -0.15) is 0 Å². The van der Waals surface area contributed by atoms with Gasteiger partial charge < -0.3 is 15.2 Å². The Kier molecular flexibility index (Phi) is 3.28. The molecule has 5 nitrogen and oxygen atoms in total. The van der Waals surface area contributed by atoms with Crippen molar-refractivity contribution in [2.45, 2.75) is 25.9 Å². The molecule has 0 aromatic carbocycles. The average molecular weight is 235 g/mol. The number of nitrogens with zero attached hydrogens (tertiary/aromatic N) is 1. The number of H-pyrrole nitrogens is 1. The van der Waals surface area contributed by atoms with Gasteiger partial charge in [-0.25, -0.2) is 0 Å². The van der Waals surface area contributed by atoms with E-state index in [1.54, 1.807) is 11.0 Å². The monoisotopic (exact) mass is 235 g/mol. The smallest absolute Gasteiger partial charge is 0.254 e. The maximum absolute atomic E-state index is 12.2. The van der Waals surface area contributed by atoms with E-state index in [9.17, 15) is 9.59 Å². The molecule has 1 aliphatic heterocycles. The molecule has 0 radical (unpaired) electrons. The lowest BCUT2D eigenvalue weighted by molar-refractivity contribution is 0.0673. The molecule has 1 aliphatic rings. The van der Waals surface area contributed by atoms with E-state index in [1.165, 1.54) is 12.3 Å². The maximum Gasteiger partial charge on any atom is 0.254 e. The van der Waals surface area contributed by atoms with Crippen LogP contribution in [0.25, 0.3) is 0 Å². The Labute approximate surface area is 99.8 Å².